The molecule has 0 bridgehead atoms. The maximum atomic E-state index is 13.2. The maximum absolute atomic E-state index is 13.2. The highest BCUT2D eigenvalue weighted by Crippen LogP contribution is 2.38. The van der Waals surface area contributed by atoms with Crippen molar-refractivity contribution in [2.75, 3.05) is 6.61 Å². The normalized spacial score (nSPS) is 13.9. The number of rotatable bonds is 8. The number of nitro benzene ring substituents is 1. The van der Waals surface area contributed by atoms with E-state index < -0.39 is 10.9 Å². The molecule has 11 heteroatoms. The Balaban J connectivity index is 1.61. The summed E-state index contributed by atoms with van der Waals surface area (Å²) in [7, 11) is 0. The molecule has 3 aromatic carbocycles. The zero-order valence-corrected chi connectivity index (χ0v) is 21.0. The number of non-ortho nitro benzene ring substituents is 1. The second-order valence-corrected chi connectivity index (χ2v) is 8.70. The van der Waals surface area contributed by atoms with Crippen molar-refractivity contribution < 1.29 is 28.3 Å². The van der Waals surface area contributed by atoms with Crippen molar-refractivity contribution >= 4 is 51.2 Å². The average molecular weight is 576 g/mol. The van der Waals surface area contributed by atoms with Gasteiger partial charge in [-0.15, -0.1) is 0 Å². The Hall–Kier alpha value is -3.76. The summed E-state index contributed by atoms with van der Waals surface area (Å²) in [5, 5.41) is 11.0. The SMILES string of the molecule is CCOc1cc(/C=C2\N=C(c3ccc([N+](=O)[O-])cc3Cl)OC2=O)cc(Br)c1OCc1ccc(F)cc1. The van der Waals surface area contributed by atoms with Gasteiger partial charge in [0.15, 0.2) is 17.2 Å². The third kappa shape index (κ3) is 5.72. The van der Waals surface area contributed by atoms with Crippen LogP contribution in [-0.4, -0.2) is 23.4 Å². The number of hydrogen-bond donors (Lipinski definition) is 0. The standard InChI is InChI=1S/C25H17BrClFN2O6/c1-2-34-22-11-15(9-19(26)23(22)35-13-14-3-5-16(28)6-4-14)10-21-25(31)36-24(29-21)18-8-7-17(30(32)33)12-20(18)27/h3-12H,2,13H2,1H3/b21-10-. The van der Waals surface area contributed by atoms with Crippen LogP contribution in [0.5, 0.6) is 11.5 Å². The number of hydrogen-bond acceptors (Lipinski definition) is 7. The third-order valence-electron chi connectivity index (χ3n) is 4.95. The van der Waals surface area contributed by atoms with E-state index in [-0.39, 0.29) is 40.3 Å². The maximum Gasteiger partial charge on any atom is 0.363 e. The van der Waals surface area contributed by atoms with Crippen LogP contribution in [0.15, 0.2) is 69.8 Å². The van der Waals surface area contributed by atoms with Crippen LogP contribution in [-0.2, 0) is 16.1 Å². The van der Waals surface area contributed by atoms with Crippen LogP contribution in [0.3, 0.4) is 0 Å². The van der Waals surface area contributed by atoms with E-state index in [2.05, 4.69) is 20.9 Å². The Morgan fingerprint density at radius 1 is 1.17 bits per heavy atom. The minimum atomic E-state index is -0.704. The fraction of sp³-hybridized carbons (Fsp3) is 0.120. The largest absolute Gasteiger partial charge is 0.490 e. The van der Waals surface area contributed by atoms with Crippen molar-refractivity contribution in [3.63, 3.8) is 0 Å². The summed E-state index contributed by atoms with van der Waals surface area (Å²) in [6.45, 7) is 2.37. The molecule has 0 radical (unpaired) electrons. The smallest absolute Gasteiger partial charge is 0.363 e. The predicted octanol–water partition coefficient (Wildman–Crippen LogP) is 6.47. The molecule has 0 aliphatic carbocycles. The molecule has 1 heterocycles. The van der Waals surface area contributed by atoms with E-state index >= 15 is 0 Å². The lowest BCUT2D eigenvalue weighted by Gasteiger charge is -2.15. The molecule has 0 saturated heterocycles. The molecular formula is C25H17BrClFN2O6. The summed E-state index contributed by atoms with van der Waals surface area (Å²) >= 11 is 9.61. The number of aliphatic imine (C=N–C) groups is 1. The molecule has 0 saturated carbocycles. The first kappa shape index (κ1) is 25.3. The first-order chi connectivity index (χ1) is 17.2. The average Bonchev–Trinajstić information content (AvgIpc) is 3.19. The summed E-state index contributed by atoms with van der Waals surface area (Å²) in [6, 6.07) is 13.1. The number of ether oxygens (including phenoxy) is 3. The molecule has 4 rings (SSSR count). The zero-order chi connectivity index (χ0) is 25.8. The summed E-state index contributed by atoms with van der Waals surface area (Å²) in [4.78, 5) is 27.0. The van der Waals surface area contributed by atoms with Crippen molar-refractivity contribution in [3.05, 3.63) is 102 Å². The third-order valence-corrected chi connectivity index (χ3v) is 5.85. The lowest BCUT2D eigenvalue weighted by atomic mass is 10.1. The predicted molar refractivity (Wildman–Crippen MR) is 135 cm³/mol. The van der Waals surface area contributed by atoms with Gasteiger partial charge in [-0.25, -0.2) is 14.2 Å². The summed E-state index contributed by atoms with van der Waals surface area (Å²) < 4.78 is 30.6. The number of nitro groups is 1. The second kappa shape index (κ2) is 10.9. The zero-order valence-electron chi connectivity index (χ0n) is 18.7. The van der Waals surface area contributed by atoms with Gasteiger partial charge >= 0.3 is 5.97 Å². The Morgan fingerprint density at radius 2 is 1.92 bits per heavy atom. The van der Waals surface area contributed by atoms with Crippen LogP contribution in [0.4, 0.5) is 10.1 Å². The van der Waals surface area contributed by atoms with Gasteiger partial charge in [-0.1, -0.05) is 23.7 Å². The monoisotopic (exact) mass is 574 g/mol. The number of halogens is 3. The van der Waals surface area contributed by atoms with Crippen molar-refractivity contribution in [2.45, 2.75) is 13.5 Å². The molecule has 8 nitrogen and oxygen atoms in total. The van der Waals surface area contributed by atoms with Crippen LogP contribution in [0.1, 0.15) is 23.6 Å². The van der Waals surface area contributed by atoms with Crippen LogP contribution in [0.25, 0.3) is 6.08 Å². The van der Waals surface area contributed by atoms with E-state index in [4.69, 9.17) is 25.8 Å². The topological polar surface area (TPSA) is 100 Å². The van der Waals surface area contributed by atoms with E-state index in [0.717, 1.165) is 11.6 Å². The molecule has 0 unspecified atom stereocenters. The van der Waals surface area contributed by atoms with Crippen LogP contribution < -0.4 is 9.47 Å². The molecule has 0 atom stereocenters. The van der Waals surface area contributed by atoms with Gasteiger partial charge in [-0.3, -0.25) is 10.1 Å². The highest BCUT2D eigenvalue weighted by Gasteiger charge is 2.27. The van der Waals surface area contributed by atoms with Gasteiger partial charge in [0.25, 0.3) is 5.69 Å². The number of cyclic esters (lactones) is 1. The number of carbonyl (C=O) groups is 1. The van der Waals surface area contributed by atoms with Gasteiger partial charge in [0, 0.05) is 12.1 Å². The molecule has 0 aromatic heterocycles. The van der Waals surface area contributed by atoms with Crippen molar-refractivity contribution in [1.29, 1.82) is 0 Å². The van der Waals surface area contributed by atoms with Crippen LogP contribution >= 0.6 is 27.5 Å². The minimum Gasteiger partial charge on any atom is -0.490 e. The molecular weight excluding hydrogens is 559 g/mol. The fourth-order valence-electron chi connectivity index (χ4n) is 3.28. The van der Waals surface area contributed by atoms with Gasteiger partial charge in [0.1, 0.15) is 12.4 Å². The molecule has 0 amide bonds. The Kier molecular flexibility index (Phi) is 7.66. The molecule has 0 fully saturated rings. The molecule has 3 aromatic rings. The lowest BCUT2D eigenvalue weighted by Crippen LogP contribution is -2.06. The van der Waals surface area contributed by atoms with E-state index in [9.17, 15) is 19.3 Å². The van der Waals surface area contributed by atoms with Crippen molar-refractivity contribution in [1.82, 2.24) is 0 Å². The van der Waals surface area contributed by atoms with Gasteiger partial charge in [0.2, 0.25) is 5.90 Å². The number of benzene rings is 3. The summed E-state index contributed by atoms with van der Waals surface area (Å²) in [5.74, 6) is -0.229. The molecule has 0 spiro atoms. The number of nitrogens with zero attached hydrogens (tertiary/aromatic N) is 2. The van der Waals surface area contributed by atoms with Crippen molar-refractivity contribution in [3.8, 4) is 11.5 Å². The Labute approximate surface area is 218 Å². The lowest BCUT2D eigenvalue weighted by molar-refractivity contribution is -0.384. The number of esters is 1. The molecule has 184 valence electrons. The van der Waals surface area contributed by atoms with E-state index in [0.29, 0.717) is 28.1 Å². The summed E-state index contributed by atoms with van der Waals surface area (Å²) in [5.41, 5.74) is 1.41. The molecule has 1 aliphatic rings. The highest BCUT2D eigenvalue weighted by atomic mass is 79.9. The van der Waals surface area contributed by atoms with E-state index in [1.165, 1.54) is 30.3 Å². The minimum absolute atomic E-state index is 0.00810. The molecule has 0 N–H and O–H groups in total. The van der Waals surface area contributed by atoms with Crippen molar-refractivity contribution in [2.24, 2.45) is 4.99 Å². The van der Waals surface area contributed by atoms with E-state index in [1.807, 2.05) is 6.92 Å². The Morgan fingerprint density at radius 3 is 2.58 bits per heavy atom. The van der Waals surface area contributed by atoms with Gasteiger partial charge in [0.05, 0.1) is 26.6 Å². The van der Waals surface area contributed by atoms with Gasteiger partial charge in [-0.05, 0) is 70.4 Å². The first-order valence-corrected chi connectivity index (χ1v) is 11.7. The Bertz CT molecular complexity index is 1410. The highest BCUT2D eigenvalue weighted by molar-refractivity contribution is 9.10. The quantitative estimate of drug-likeness (QED) is 0.132. The molecule has 36 heavy (non-hydrogen) atoms. The molecule has 1 aliphatic heterocycles. The fourth-order valence-corrected chi connectivity index (χ4v) is 4.11. The van der Waals surface area contributed by atoms with E-state index in [1.54, 1.807) is 24.3 Å². The second-order valence-electron chi connectivity index (χ2n) is 7.44. The van der Waals surface area contributed by atoms with Crippen LogP contribution in [0.2, 0.25) is 5.02 Å². The van der Waals surface area contributed by atoms with Crippen LogP contribution in [0, 0.1) is 15.9 Å². The van der Waals surface area contributed by atoms with Gasteiger partial charge in [-0.2, -0.15) is 0 Å². The number of carbonyl (C=O) groups excluding carboxylic acids is 1. The summed E-state index contributed by atoms with van der Waals surface area (Å²) in [6.07, 6.45) is 1.51. The first-order valence-electron chi connectivity index (χ1n) is 10.6. The van der Waals surface area contributed by atoms with Gasteiger partial charge < -0.3 is 14.2 Å².